The monoisotopic (exact) mass is 536 g/mol. The Kier molecular flexibility index (Phi) is 8.34. The van der Waals surface area contributed by atoms with Crippen LogP contribution >= 0.6 is 0 Å². The molecule has 6 atom stereocenters. The summed E-state index contributed by atoms with van der Waals surface area (Å²) >= 11 is 0. The van der Waals surface area contributed by atoms with Gasteiger partial charge in [-0.25, -0.2) is 0 Å². The molecule has 0 amide bonds. The van der Waals surface area contributed by atoms with Crippen molar-refractivity contribution >= 4 is 11.9 Å². The first-order valence-electron chi connectivity index (χ1n) is 12.8. The first-order chi connectivity index (χ1) is 18.1. The maximum Gasteiger partial charge on any atom is 0.311 e. The number of ether oxygens (including phenoxy) is 2. The molecule has 0 unspecified atom stereocenters. The number of aliphatic hydroxyl groups excluding tert-OH is 1. The number of carbonyl (C=O) groups is 2. The van der Waals surface area contributed by atoms with Crippen molar-refractivity contribution in [3.63, 3.8) is 0 Å². The fraction of sp³-hybridized carbons (Fsp3) is 0.680. The van der Waals surface area contributed by atoms with E-state index in [-0.39, 0.29) is 24.4 Å². The van der Waals surface area contributed by atoms with Gasteiger partial charge >= 0.3 is 11.9 Å². The molecule has 4 rings (SSSR count). The summed E-state index contributed by atoms with van der Waals surface area (Å²) in [6, 6.07) is 5.68. The standard InChI is InChI=1S/C25H32N2O11/c1-25-11-10-19-18-5-3-16(12-15(18)2-4-20(19)21(25)6-7-22(25)28)37-24(30)9-8-23(29)35-13-17(38-27(33)34)14-36-26(31)32/h3,5,12,17,19-22,28H,2,4,6-11,13-14H2,1H3/t17-,19-,20-,21+,22+,25+/m1/s1. The third kappa shape index (κ3) is 6.14. The zero-order valence-corrected chi connectivity index (χ0v) is 21.1. The molecule has 0 heterocycles. The third-order valence-corrected chi connectivity index (χ3v) is 8.44. The SMILES string of the molecule is C[C@]12CC[C@@H]3c4ccc(OC(=O)CCC(=O)OC[C@H](CO[N+](=O)[O-])O[N+](=O)[O-])cc4CC[C@H]3[C@@H]1CC[C@@H]2O. The highest BCUT2D eigenvalue weighted by molar-refractivity contribution is 5.79. The zero-order valence-electron chi connectivity index (χ0n) is 21.1. The van der Waals surface area contributed by atoms with Gasteiger partial charge in [0.15, 0.2) is 6.10 Å². The van der Waals surface area contributed by atoms with E-state index in [1.165, 1.54) is 5.56 Å². The van der Waals surface area contributed by atoms with Crippen LogP contribution in [0.15, 0.2) is 18.2 Å². The summed E-state index contributed by atoms with van der Waals surface area (Å²) in [4.78, 5) is 53.1. The van der Waals surface area contributed by atoms with Crippen molar-refractivity contribution in [2.24, 2.45) is 17.3 Å². The van der Waals surface area contributed by atoms with Crippen LogP contribution in [-0.2, 0) is 30.4 Å². The Hall–Kier alpha value is -3.48. The van der Waals surface area contributed by atoms with E-state index in [2.05, 4.69) is 16.6 Å². The summed E-state index contributed by atoms with van der Waals surface area (Å²) in [5.41, 5.74) is 2.46. The molecule has 2 saturated carbocycles. The second kappa shape index (κ2) is 11.5. The Balaban J connectivity index is 1.26. The number of aliphatic hydroxyl groups is 1. The normalized spacial score (nSPS) is 28.2. The van der Waals surface area contributed by atoms with E-state index < -0.39 is 41.4 Å². The minimum absolute atomic E-state index is 0.0124. The maximum absolute atomic E-state index is 12.3. The van der Waals surface area contributed by atoms with Gasteiger partial charge in [0.1, 0.15) is 19.0 Å². The summed E-state index contributed by atoms with van der Waals surface area (Å²) in [5, 5.41) is 28.9. The quantitative estimate of drug-likeness (QED) is 0.190. The molecular weight excluding hydrogens is 504 g/mol. The molecule has 38 heavy (non-hydrogen) atoms. The van der Waals surface area contributed by atoms with Gasteiger partial charge in [-0.15, -0.1) is 20.2 Å². The van der Waals surface area contributed by atoms with Crippen LogP contribution in [0.5, 0.6) is 5.75 Å². The number of benzene rings is 1. The van der Waals surface area contributed by atoms with Crippen LogP contribution in [-0.4, -0.2) is 52.6 Å². The summed E-state index contributed by atoms with van der Waals surface area (Å²) in [5.74, 6) is 0.439. The summed E-state index contributed by atoms with van der Waals surface area (Å²) < 4.78 is 10.2. The van der Waals surface area contributed by atoms with Crippen LogP contribution in [0, 0.1) is 37.5 Å². The predicted molar refractivity (Wildman–Crippen MR) is 128 cm³/mol. The molecule has 13 heteroatoms. The highest BCUT2D eigenvalue weighted by atomic mass is 17.0. The highest BCUT2D eigenvalue weighted by Crippen LogP contribution is 2.60. The Morgan fingerprint density at radius 2 is 1.84 bits per heavy atom. The maximum atomic E-state index is 12.3. The fourth-order valence-corrected chi connectivity index (χ4v) is 6.61. The molecule has 0 aliphatic heterocycles. The average Bonchev–Trinajstić information content (AvgIpc) is 3.18. The van der Waals surface area contributed by atoms with Gasteiger partial charge in [-0.05, 0) is 85.0 Å². The van der Waals surface area contributed by atoms with E-state index in [1.807, 2.05) is 12.1 Å². The smallest absolute Gasteiger partial charge is 0.311 e. The lowest BCUT2D eigenvalue weighted by Gasteiger charge is -2.50. The van der Waals surface area contributed by atoms with Crippen molar-refractivity contribution in [1.29, 1.82) is 0 Å². The number of aryl methyl sites for hydroxylation is 1. The molecule has 208 valence electrons. The largest absolute Gasteiger partial charge is 0.463 e. The van der Waals surface area contributed by atoms with Crippen LogP contribution in [0.25, 0.3) is 0 Å². The summed E-state index contributed by atoms with van der Waals surface area (Å²) in [6.07, 6.45) is 3.58. The Bertz CT molecular complexity index is 1080. The van der Waals surface area contributed by atoms with Crippen molar-refractivity contribution in [3.8, 4) is 5.75 Å². The number of hydrogen-bond acceptors (Lipinski definition) is 11. The molecule has 0 bridgehead atoms. The first kappa shape index (κ1) is 27.6. The van der Waals surface area contributed by atoms with Crippen molar-refractivity contribution in [1.82, 2.24) is 0 Å². The van der Waals surface area contributed by atoms with Crippen LogP contribution in [0.1, 0.15) is 68.9 Å². The molecule has 1 aromatic carbocycles. The molecule has 3 aliphatic rings. The highest BCUT2D eigenvalue weighted by Gasteiger charge is 2.54. The van der Waals surface area contributed by atoms with Gasteiger partial charge in [0.05, 0.1) is 18.9 Å². The van der Waals surface area contributed by atoms with Crippen molar-refractivity contribution in [2.75, 3.05) is 13.2 Å². The number of fused-ring (bicyclic) bond motifs is 5. The van der Waals surface area contributed by atoms with Gasteiger partial charge in [0.25, 0.3) is 10.2 Å². The van der Waals surface area contributed by atoms with E-state index in [0.717, 1.165) is 44.1 Å². The molecule has 13 nitrogen and oxygen atoms in total. The van der Waals surface area contributed by atoms with Gasteiger partial charge in [0.2, 0.25) is 0 Å². The van der Waals surface area contributed by atoms with Crippen molar-refractivity contribution in [2.45, 2.75) is 76.4 Å². The van der Waals surface area contributed by atoms with E-state index in [4.69, 9.17) is 9.47 Å². The number of carbonyl (C=O) groups excluding carboxylic acids is 2. The molecule has 0 aromatic heterocycles. The molecule has 0 saturated heterocycles. The summed E-state index contributed by atoms with van der Waals surface area (Å²) in [6.45, 7) is 0.780. The minimum atomic E-state index is -1.49. The van der Waals surface area contributed by atoms with E-state index in [0.29, 0.717) is 23.5 Å². The van der Waals surface area contributed by atoms with Crippen molar-refractivity contribution in [3.05, 3.63) is 49.6 Å². The first-order valence-corrected chi connectivity index (χ1v) is 12.8. The topological polar surface area (TPSA) is 178 Å². The zero-order chi connectivity index (χ0) is 27.4. The Labute approximate surface area is 218 Å². The molecular formula is C25H32N2O11. The van der Waals surface area contributed by atoms with Crippen LogP contribution in [0.2, 0.25) is 0 Å². The van der Waals surface area contributed by atoms with E-state index in [1.54, 1.807) is 6.07 Å². The minimum Gasteiger partial charge on any atom is -0.463 e. The average molecular weight is 537 g/mol. The molecule has 0 spiro atoms. The molecule has 2 fully saturated rings. The molecule has 1 N–H and O–H groups in total. The van der Waals surface area contributed by atoms with Gasteiger partial charge in [-0.3, -0.25) is 9.59 Å². The molecule has 3 aliphatic carbocycles. The lowest BCUT2D eigenvalue weighted by atomic mass is 9.55. The van der Waals surface area contributed by atoms with Gasteiger partial charge in [0, 0.05) is 0 Å². The lowest BCUT2D eigenvalue weighted by Crippen LogP contribution is -2.43. The number of hydrogen-bond donors (Lipinski definition) is 1. The predicted octanol–water partition coefficient (Wildman–Crippen LogP) is 2.92. The Morgan fingerprint density at radius 3 is 2.58 bits per heavy atom. The fourth-order valence-electron chi connectivity index (χ4n) is 6.61. The van der Waals surface area contributed by atoms with Gasteiger partial charge < -0.3 is 24.3 Å². The molecule has 0 radical (unpaired) electrons. The van der Waals surface area contributed by atoms with Crippen molar-refractivity contribution < 1.29 is 44.0 Å². The Morgan fingerprint density at radius 1 is 1.08 bits per heavy atom. The number of esters is 2. The van der Waals surface area contributed by atoms with Crippen LogP contribution < -0.4 is 4.74 Å². The summed E-state index contributed by atoms with van der Waals surface area (Å²) in [7, 11) is 0. The van der Waals surface area contributed by atoms with Gasteiger partial charge in [-0.1, -0.05) is 13.0 Å². The van der Waals surface area contributed by atoms with Crippen LogP contribution in [0.3, 0.4) is 0 Å². The second-order valence-electron chi connectivity index (χ2n) is 10.5. The van der Waals surface area contributed by atoms with Gasteiger partial charge in [-0.2, -0.15) is 0 Å². The van der Waals surface area contributed by atoms with E-state index >= 15 is 0 Å². The number of nitrogens with zero attached hydrogens (tertiary/aromatic N) is 2. The number of rotatable bonds is 11. The third-order valence-electron chi connectivity index (χ3n) is 8.44. The second-order valence-corrected chi connectivity index (χ2v) is 10.5. The molecule has 1 aromatic rings. The van der Waals surface area contributed by atoms with Crippen LogP contribution in [0.4, 0.5) is 0 Å². The van der Waals surface area contributed by atoms with E-state index in [9.17, 15) is 34.9 Å². The lowest BCUT2D eigenvalue weighted by molar-refractivity contribution is -0.790.